The quantitative estimate of drug-likeness (QED) is 0.0289. The molecule has 1 unspecified atom stereocenters. The number of benzene rings is 5. The second kappa shape index (κ2) is 38.2. The lowest BCUT2D eigenvalue weighted by atomic mass is 10.0. The number of carbonyl (C=O) groups excluding carboxylic acids is 7. The summed E-state index contributed by atoms with van der Waals surface area (Å²) in [6, 6.07) is 25.5. The van der Waals surface area contributed by atoms with E-state index in [0.29, 0.717) is 36.3 Å². The predicted molar refractivity (Wildman–Crippen MR) is 367 cm³/mol. The van der Waals surface area contributed by atoms with Crippen molar-refractivity contribution in [1.29, 1.82) is 0 Å². The van der Waals surface area contributed by atoms with E-state index in [1.807, 2.05) is 37.3 Å². The number of fused-ring (bicyclic) bond motifs is 1. The molecule has 5 aromatic carbocycles. The fraction of sp³-hybridized carbons (Fsp3) is 0.394. The summed E-state index contributed by atoms with van der Waals surface area (Å²) < 4.78 is 29.7. The molecule has 0 aliphatic carbocycles. The van der Waals surface area contributed by atoms with Gasteiger partial charge in [0.1, 0.15) is 46.9 Å². The molecule has 30 heteroatoms. The molecule has 27 nitrogen and oxygen atoms in total. The molecule has 1 aromatic heterocycles. The predicted octanol–water partition coefficient (Wildman–Crippen LogP) is 2.23. The molecular weight excluding hydrogens is 1300 g/mol. The summed E-state index contributed by atoms with van der Waals surface area (Å²) >= 11 is 0. The molecule has 1 fully saturated rings. The normalized spacial score (nSPS) is 19.8. The highest BCUT2D eigenvalue weighted by atomic mass is 33.1. The Morgan fingerprint density at radius 3 is 1.93 bits per heavy atom. The number of sulfonamides is 1. The summed E-state index contributed by atoms with van der Waals surface area (Å²) in [5.41, 5.74) is 15.1. The number of unbranched alkanes of at least 4 members (excludes halogenated alkanes) is 2. The number of aliphatic hydroxyl groups excluding tert-OH is 3. The number of hydrogen-bond acceptors (Lipinski definition) is 19. The Morgan fingerprint density at radius 2 is 1.31 bits per heavy atom. The number of aromatic carboxylic acids is 1. The first-order valence-corrected chi connectivity index (χ1v) is 35.3. The summed E-state index contributed by atoms with van der Waals surface area (Å²) in [6.07, 6.45) is 1.59. The van der Waals surface area contributed by atoms with Gasteiger partial charge in [-0.3, -0.25) is 33.6 Å². The number of primary sulfonamides is 1. The van der Waals surface area contributed by atoms with Crippen LogP contribution >= 0.6 is 21.6 Å². The summed E-state index contributed by atoms with van der Waals surface area (Å²) in [4.78, 5) is 114. The summed E-state index contributed by atoms with van der Waals surface area (Å²) in [5.74, 6) is -6.87. The first-order chi connectivity index (χ1) is 45.9. The Labute approximate surface area is 564 Å². The Kier molecular flexibility index (Phi) is 30.4. The standard InChI is InChI=1S/C49H66N10O10S2.C17H20N2O5S/c1-28(61)39(25-60)56-48(68)41-27-71-70-26-40(57-43(63)34(51)21-30-13-5-3-6-14-30)47(67)54-37(22-31-15-7-4-8-16-31)45(65)55-38(23-32-24-52-35-18-10-9-17-33(32)35)46(66)53-36(19-11-12-20-50)44(64)59-42(29(2)62)49(69)58-41;1-2-3-9-19-14-10-12(17(20)21)11-15(25(18,22)23)16(14)24-13-7-5-4-6-8-13/h3-10,13-18,24,28-29,34,36-42,52,60-62H,11-12,19-23,25-27,50-51H2,1-2H3,(H,53,66)(H,54,67)(H,55,65)(H,56,68)(H,57,63)(H,58,69)(H,59,64);4-8,10-11,19H,2-3,9H2,1H3,(H,20,21)(H2,18,22,23)/t28-,29?,34-,36+,37+,38-,39-,40+,41+,42+;/m1./s1. The maximum Gasteiger partial charge on any atom is 0.335 e. The maximum atomic E-state index is 14.7. The van der Waals surface area contributed by atoms with E-state index >= 15 is 0 Å². The number of rotatable bonds is 25. The molecule has 1 aliphatic rings. The number of aliphatic hydroxyl groups is 3. The van der Waals surface area contributed by atoms with Crippen molar-refractivity contribution in [3.8, 4) is 11.5 Å². The minimum atomic E-state index is -4.19. The van der Waals surface area contributed by atoms with Crippen LogP contribution in [0.4, 0.5) is 5.69 Å². The fourth-order valence-corrected chi connectivity index (χ4v) is 12.9. The lowest BCUT2D eigenvalue weighted by molar-refractivity contribution is -0.136. The van der Waals surface area contributed by atoms with Crippen molar-refractivity contribution in [3.63, 3.8) is 0 Å². The van der Waals surface area contributed by atoms with E-state index < -0.39 is 124 Å². The molecule has 1 aliphatic heterocycles. The fourth-order valence-electron chi connectivity index (χ4n) is 9.91. The van der Waals surface area contributed by atoms with Gasteiger partial charge in [-0.05, 0) is 99.5 Å². The van der Waals surface area contributed by atoms with Gasteiger partial charge in [-0.25, -0.2) is 18.4 Å². The number of nitrogens with two attached hydrogens (primary N) is 3. The van der Waals surface area contributed by atoms with Crippen molar-refractivity contribution in [2.24, 2.45) is 16.6 Å². The largest absolute Gasteiger partial charge is 0.478 e. The van der Waals surface area contributed by atoms with Gasteiger partial charge in [0.25, 0.3) is 0 Å². The molecule has 0 radical (unpaired) electrons. The number of nitrogens with one attached hydrogen (secondary N) is 9. The number of hydrogen-bond donors (Lipinski definition) is 16. The Bertz CT molecular complexity index is 3670. The number of carboxylic acid groups (broad SMARTS) is 1. The van der Waals surface area contributed by atoms with E-state index in [1.165, 1.54) is 19.9 Å². The third-order valence-corrected chi connectivity index (χ3v) is 18.6. The highest BCUT2D eigenvalue weighted by Crippen LogP contribution is 2.37. The van der Waals surface area contributed by atoms with E-state index in [1.54, 1.807) is 91.1 Å². The zero-order chi connectivity index (χ0) is 69.9. The van der Waals surface area contributed by atoms with Crippen molar-refractivity contribution in [1.82, 2.24) is 42.2 Å². The monoisotopic (exact) mass is 1380 g/mol. The molecule has 2 heterocycles. The molecule has 518 valence electrons. The number of para-hydroxylation sites is 2. The molecule has 96 heavy (non-hydrogen) atoms. The minimum Gasteiger partial charge on any atom is -0.478 e. The Balaban J connectivity index is 0.000000486. The van der Waals surface area contributed by atoms with E-state index in [0.717, 1.165) is 57.0 Å². The average molecular weight is 1380 g/mol. The molecule has 7 rings (SSSR count). The summed E-state index contributed by atoms with van der Waals surface area (Å²) in [7, 11) is -2.13. The number of anilines is 1. The number of H-pyrrole nitrogens is 1. The molecule has 0 spiro atoms. The van der Waals surface area contributed by atoms with Crippen LogP contribution in [0.15, 0.2) is 138 Å². The van der Waals surface area contributed by atoms with E-state index in [4.69, 9.17) is 21.3 Å². The number of amides is 7. The van der Waals surface area contributed by atoms with Gasteiger partial charge in [0.2, 0.25) is 51.4 Å². The van der Waals surface area contributed by atoms with Crippen molar-refractivity contribution in [2.45, 2.75) is 138 Å². The van der Waals surface area contributed by atoms with Gasteiger partial charge in [0, 0.05) is 48.0 Å². The lowest BCUT2D eigenvalue weighted by Gasteiger charge is -2.29. The van der Waals surface area contributed by atoms with Crippen LogP contribution in [-0.2, 0) is 62.8 Å². The summed E-state index contributed by atoms with van der Waals surface area (Å²) in [5, 5.41) is 68.1. The first kappa shape index (κ1) is 76.4. The number of aromatic amines is 1. The van der Waals surface area contributed by atoms with Crippen LogP contribution in [0.25, 0.3) is 10.9 Å². The highest BCUT2D eigenvalue weighted by Gasteiger charge is 2.37. The van der Waals surface area contributed by atoms with Crippen LogP contribution in [0.3, 0.4) is 0 Å². The Hall–Kier alpha value is -8.59. The number of aromatic nitrogens is 1. The highest BCUT2D eigenvalue weighted by molar-refractivity contribution is 8.76. The molecule has 1 saturated heterocycles. The average Bonchev–Trinajstić information content (AvgIpc) is 1.06. The summed E-state index contributed by atoms with van der Waals surface area (Å²) in [6.45, 7) is 4.77. The minimum absolute atomic E-state index is 0.0187. The van der Waals surface area contributed by atoms with Gasteiger partial charge >= 0.3 is 5.97 Å². The van der Waals surface area contributed by atoms with E-state index in [-0.39, 0.29) is 65.6 Å². The number of ether oxygens (including phenoxy) is 1. The van der Waals surface area contributed by atoms with E-state index in [2.05, 4.69) is 47.5 Å². The zero-order valence-electron chi connectivity index (χ0n) is 53.4. The van der Waals surface area contributed by atoms with Crippen LogP contribution in [0, 0.1) is 0 Å². The molecular formula is C66H86N12O15S3. The Morgan fingerprint density at radius 1 is 0.719 bits per heavy atom. The lowest BCUT2D eigenvalue weighted by Crippen LogP contribution is -2.62. The van der Waals surface area contributed by atoms with Gasteiger partial charge < -0.3 is 84.1 Å². The van der Waals surface area contributed by atoms with Gasteiger partial charge in [-0.15, -0.1) is 0 Å². The van der Waals surface area contributed by atoms with Gasteiger partial charge in [-0.2, -0.15) is 0 Å². The molecule has 10 atom stereocenters. The van der Waals surface area contributed by atoms with Crippen LogP contribution in [0.5, 0.6) is 11.5 Å². The van der Waals surface area contributed by atoms with Crippen molar-refractivity contribution < 1.29 is 71.9 Å². The second-order valence-corrected chi connectivity index (χ2v) is 27.0. The SMILES string of the molecule is CC(O)[C@@H]1NC(=O)[C@H](CCCCN)NC(=O)[C@@H](Cc2c[nH]c3ccccc23)NC(=O)[C@H](Cc2ccccc2)NC(=O)[C@@H](NC(=O)[C@H](N)Cc2ccccc2)CSSC[C@@H](C(=O)N[C@H](CO)[C@@H](C)O)NC1=O.CCCCNc1cc(C(=O)O)cc(S(N)(=O)=O)c1Oc1ccccc1. The van der Waals surface area contributed by atoms with Gasteiger partial charge in [0.15, 0.2) is 5.75 Å². The zero-order valence-corrected chi connectivity index (χ0v) is 55.9. The number of carboxylic acids is 1. The van der Waals surface area contributed by atoms with Crippen molar-refractivity contribution in [3.05, 3.63) is 156 Å². The van der Waals surface area contributed by atoms with Crippen LogP contribution in [0.2, 0.25) is 0 Å². The molecule has 0 saturated carbocycles. The molecule has 7 amide bonds. The molecule has 6 aromatic rings. The van der Waals surface area contributed by atoms with Gasteiger partial charge in [0.05, 0.1) is 42.1 Å². The van der Waals surface area contributed by atoms with Crippen molar-refractivity contribution >= 4 is 95.5 Å². The van der Waals surface area contributed by atoms with Crippen LogP contribution in [0.1, 0.15) is 79.9 Å². The van der Waals surface area contributed by atoms with Crippen LogP contribution in [-0.4, -0.2) is 173 Å². The topological polar surface area (TPSA) is 451 Å². The van der Waals surface area contributed by atoms with E-state index in [9.17, 15) is 67.2 Å². The third-order valence-electron chi connectivity index (χ3n) is 15.3. The smallest absolute Gasteiger partial charge is 0.335 e. The maximum absolute atomic E-state index is 14.7. The van der Waals surface area contributed by atoms with Crippen LogP contribution < -0.4 is 63.9 Å². The van der Waals surface area contributed by atoms with Crippen molar-refractivity contribution in [2.75, 3.05) is 36.5 Å². The first-order valence-electron chi connectivity index (χ1n) is 31.2. The van der Waals surface area contributed by atoms with Gasteiger partial charge in [-0.1, -0.05) is 132 Å². The number of carbonyl (C=O) groups is 8. The molecule has 19 N–H and O–H groups in total. The molecule has 0 bridgehead atoms. The second-order valence-electron chi connectivity index (χ2n) is 22.9. The third kappa shape index (κ3) is 23.7.